The summed E-state index contributed by atoms with van der Waals surface area (Å²) >= 11 is 0. The number of hydrogen-bond acceptors (Lipinski definition) is 2. The molecule has 0 bridgehead atoms. The second kappa shape index (κ2) is 4.00. The Bertz CT molecular complexity index is 292. The molecule has 0 radical (unpaired) electrons. The summed E-state index contributed by atoms with van der Waals surface area (Å²) in [5.74, 6) is 0. The Kier molecular flexibility index (Phi) is 3.15. The monoisotopic (exact) mass is 207 g/mol. The van der Waals surface area contributed by atoms with Crippen molar-refractivity contribution in [2.45, 2.75) is 19.1 Å². The lowest BCUT2D eigenvalue weighted by atomic mass is 10.2. The standard InChI is InChI=1S/C8H12F3N3/c1-3-12-7(8(9,10)11)6-4-5-13-14(6)2/h4-5,7,12H,3H2,1-2H3. The van der Waals surface area contributed by atoms with E-state index in [1.54, 1.807) is 6.92 Å². The lowest BCUT2D eigenvalue weighted by Gasteiger charge is -2.20. The highest BCUT2D eigenvalue weighted by atomic mass is 19.4. The second-order valence-corrected chi connectivity index (χ2v) is 2.91. The summed E-state index contributed by atoms with van der Waals surface area (Å²) in [5.41, 5.74) is 0.124. The first-order valence-electron chi connectivity index (χ1n) is 4.24. The molecule has 0 aliphatic heterocycles. The third-order valence-corrected chi connectivity index (χ3v) is 1.89. The molecule has 1 heterocycles. The topological polar surface area (TPSA) is 29.9 Å². The van der Waals surface area contributed by atoms with Crippen LogP contribution in [-0.2, 0) is 7.05 Å². The summed E-state index contributed by atoms with van der Waals surface area (Å²) in [6.45, 7) is 1.89. The molecule has 1 rings (SSSR count). The molecule has 1 aromatic rings. The van der Waals surface area contributed by atoms with Crippen molar-refractivity contribution in [3.63, 3.8) is 0 Å². The fourth-order valence-electron chi connectivity index (χ4n) is 1.26. The Balaban J connectivity index is 2.95. The number of nitrogens with one attached hydrogen (secondary N) is 1. The molecule has 0 aromatic carbocycles. The Labute approximate surface area is 79.9 Å². The minimum Gasteiger partial charge on any atom is -0.301 e. The van der Waals surface area contributed by atoms with Gasteiger partial charge in [-0.3, -0.25) is 4.68 Å². The summed E-state index contributed by atoms with van der Waals surface area (Å²) in [6.07, 6.45) is -2.94. The van der Waals surface area contributed by atoms with Crippen LogP contribution in [0.4, 0.5) is 13.2 Å². The van der Waals surface area contributed by atoms with Crippen LogP contribution < -0.4 is 5.32 Å². The molecule has 0 fully saturated rings. The average molecular weight is 207 g/mol. The third kappa shape index (κ3) is 2.25. The van der Waals surface area contributed by atoms with Gasteiger partial charge in [0.15, 0.2) is 0 Å². The number of aryl methyl sites for hydroxylation is 1. The van der Waals surface area contributed by atoms with E-state index in [9.17, 15) is 13.2 Å². The maximum Gasteiger partial charge on any atom is 0.409 e. The van der Waals surface area contributed by atoms with Crippen molar-refractivity contribution >= 4 is 0 Å². The molecular weight excluding hydrogens is 195 g/mol. The zero-order valence-corrected chi connectivity index (χ0v) is 7.97. The molecule has 1 atom stereocenters. The highest BCUT2D eigenvalue weighted by molar-refractivity contribution is 5.08. The molecule has 6 heteroatoms. The van der Waals surface area contributed by atoms with Gasteiger partial charge in [-0.15, -0.1) is 0 Å². The van der Waals surface area contributed by atoms with Crippen molar-refractivity contribution in [2.75, 3.05) is 6.54 Å². The maximum atomic E-state index is 12.5. The van der Waals surface area contributed by atoms with E-state index in [2.05, 4.69) is 10.4 Å². The Morgan fingerprint density at radius 2 is 2.21 bits per heavy atom. The molecule has 1 aromatic heterocycles. The van der Waals surface area contributed by atoms with Gasteiger partial charge in [-0.25, -0.2) is 0 Å². The van der Waals surface area contributed by atoms with Gasteiger partial charge in [0.1, 0.15) is 6.04 Å². The number of rotatable bonds is 3. The summed E-state index contributed by atoms with van der Waals surface area (Å²) < 4.78 is 38.9. The SMILES string of the molecule is CCNC(c1ccnn1C)C(F)(F)F. The van der Waals surface area contributed by atoms with Gasteiger partial charge in [0.25, 0.3) is 0 Å². The van der Waals surface area contributed by atoms with E-state index in [0.29, 0.717) is 0 Å². The molecule has 0 saturated heterocycles. The largest absolute Gasteiger partial charge is 0.409 e. The normalized spacial score (nSPS) is 14.4. The lowest BCUT2D eigenvalue weighted by molar-refractivity contribution is -0.159. The lowest BCUT2D eigenvalue weighted by Crippen LogP contribution is -2.35. The number of halogens is 3. The minimum absolute atomic E-state index is 0.124. The van der Waals surface area contributed by atoms with E-state index in [0.717, 1.165) is 0 Å². The quantitative estimate of drug-likeness (QED) is 0.816. The molecule has 0 aliphatic rings. The molecule has 0 aliphatic carbocycles. The number of hydrogen-bond donors (Lipinski definition) is 1. The van der Waals surface area contributed by atoms with E-state index < -0.39 is 12.2 Å². The van der Waals surface area contributed by atoms with Gasteiger partial charge in [-0.05, 0) is 12.6 Å². The van der Waals surface area contributed by atoms with E-state index in [1.165, 1.54) is 24.0 Å². The van der Waals surface area contributed by atoms with E-state index >= 15 is 0 Å². The minimum atomic E-state index is -4.29. The first-order chi connectivity index (χ1) is 6.46. The van der Waals surface area contributed by atoms with E-state index in [4.69, 9.17) is 0 Å². The molecule has 0 saturated carbocycles. The molecular formula is C8H12F3N3. The van der Waals surface area contributed by atoms with E-state index in [-0.39, 0.29) is 12.2 Å². The zero-order valence-electron chi connectivity index (χ0n) is 7.97. The van der Waals surface area contributed by atoms with Crippen molar-refractivity contribution in [3.8, 4) is 0 Å². The maximum absolute atomic E-state index is 12.5. The van der Waals surface area contributed by atoms with Crippen LogP contribution in [-0.4, -0.2) is 22.5 Å². The van der Waals surface area contributed by atoms with Crippen LogP contribution in [0.15, 0.2) is 12.3 Å². The van der Waals surface area contributed by atoms with Crippen molar-refractivity contribution < 1.29 is 13.2 Å². The van der Waals surface area contributed by atoms with Gasteiger partial charge in [-0.1, -0.05) is 6.92 Å². The smallest absolute Gasteiger partial charge is 0.301 e. The van der Waals surface area contributed by atoms with E-state index in [1.807, 2.05) is 0 Å². The fourth-order valence-corrected chi connectivity index (χ4v) is 1.26. The summed E-state index contributed by atoms with van der Waals surface area (Å²) in [4.78, 5) is 0. The second-order valence-electron chi connectivity index (χ2n) is 2.91. The first kappa shape index (κ1) is 11.0. The van der Waals surface area contributed by atoms with Crippen LogP contribution in [0.3, 0.4) is 0 Å². The van der Waals surface area contributed by atoms with Crippen LogP contribution in [0.5, 0.6) is 0 Å². The molecule has 3 nitrogen and oxygen atoms in total. The Morgan fingerprint density at radius 1 is 1.57 bits per heavy atom. The van der Waals surface area contributed by atoms with Gasteiger partial charge >= 0.3 is 6.18 Å². The van der Waals surface area contributed by atoms with Gasteiger partial charge < -0.3 is 5.32 Å². The Morgan fingerprint density at radius 3 is 2.57 bits per heavy atom. The van der Waals surface area contributed by atoms with Crippen molar-refractivity contribution in [1.82, 2.24) is 15.1 Å². The average Bonchev–Trinajstić information content (AvgIpc) is 2.45. The van der Waals surface area contributed by atoms with Crippen LogP contribution in [0.25, 0.3) is 0 Å². The van der Waals surface area contributed by atoms with Crippen molar-refractivity contribution in [2.24, 2.45) is 7.05 Å². The van der Waals surface area contributed by atoms with Crippen LogP contribution in [0.1, 0.15) is 18.7 Å². The third-order valence-electron chi connectivity index (χ3n) is 1.89. The highest BCUT2D eigenvalue weighted by Gasteiger charge is 2.41. The van der Waals surface area contributed by atoms with Gasteiger partial charge in [-0.2, -0.15) is 18.3 Å². The van der Waals surface area contributed by atoms with Crippen molar-refractivity contribution in [3.05, 3.63) is 18.0 Å². The molecule has 1 unspecified atom stereocenters. The summed E-state index contributed by atoms with van der Waals surface area (Å²) in [6, 6.07) is -0.277. The number of nitrogens with zero attached hydrogens (tertiary/aromatic N) is 2. The van der Waals surface area contributed by atoms with Crippen LogP contribution in [0.2, 0.25) is 0 Å². The zero-order chi connectivity index (χ0) is 10.8. The molecule has 80 valence electrons. The van der Waals surface area contributed by atoms with Gasteiger partial charge in [0.05, 0.1) is 5.69 Å². The van der Waals surface area contributed by atoms with Crippen LogP contribution >= 0.6 is 0 Å². The predicted molar refractivity (Wildman–Crippen MR) is 45.7 cm³/mol. The number of alkyl halides is 3. The van der Waals surface area contributed by atoms with Crippen LogP contribution in [0, 0.1) is 0 Å². The Hall–Kier alpha value is -1.04. The first-order valence-corrected chi connectivity index (χ1v) is 4.24. The highest BCUT2D eigenvalue weighted by Crippen LogP contribution is 2.31. The number of aromatic nitrogens is 2. The molecule has 14 heavy (non-hydrogen) atoms. The molecule has 0 spiro atoms. The van der Waals surface area contributed by atoms with Gasteiger partial charge in [0, 0.05) is 13.2 Å². The molecule has 1 N–H and O–H groups in total. The van der Waals surface area contributed by atoms with Crippen molar-refractivity contribution in [1.29, 1.82) is 0 Å². The summed E-state index contributed by atoms with van der Waals surface area (Å²) in [5, 5.41) is 6.09. The van der Waals surface area contributed by atoms with Gasteiger partial charge in [0.2, 0.25) is 0 Å². The summed E-state index contributed by atoms with van der Waals surface area (Å²) in [7, 11) is 1.49. The predicted octanol–water partition coefficient (Wildman–Crippen LogP) is 1.63. The molecule has 0 amide bonds. The fraction of sp³-hybridized carbons (Fsp3) is 0.625.